The normalized spacial score (nSPS) is 14.5. The number of rotatable bonds is 3. The first-order chi connectivity index (χ1) is 14.1. The fourth-order valence-electron chi connectivity index (χ4n) is 3.42. The summed E-state index contributed by atoms with van der Waals surface area (Å²) in [4.78, 5) is 38.6. The number of carbonyl (C=O) groups is 2. The molecule has 0 aliphatic carbocycles. The van der Waals surface area contributed by atoms with Crippen LogP contribution in [0.5, 0.6) is 0 Å². The van der Waals surface area contributed by atoms with E-state index in [0.717, 1.165) is 12.1 Å². The van der Waals surface area contributed by atoms with Gasteiger partial charge in [0.1, 0.15) is 0 Å². The van der Waals surface area contributed by atoms with E-state index in [2.05, 4.69) is 0 Å². The second-order valence-corrected chi connectivity index (χ2v) is 6.83. The van der Waals surface area contributed by atoms with Crippen LogP contribution in [-0.2, 0) is 6.18 Å². The smallest absolute Gasteiger partial charge is 0.335 e. The third kappa shape index (κ3) is 4.12. The summed E-state index contributed by atoms with van der Waals surface area (Å²) in [6.45, 7) is 1.83. The van der Waals surface area contributed by atoms with Crippen molar-refractivity contribution in [2.75, 3.05) is 26.2 Å². The first-order valence-corrected chi connectivity index (χ1v) is 9.10. The van der Waals surface area contributed by atoms with Gasteiger partial charge < -0.3 is 9.80 Å². The van der Waals surface area contributed by atoms with Crippen LogP contribution >= 0.6 is 0 Å². The molecule has 7 nitrogen and oxygen atoms in total. The zero-order valence-electron chi connectivity index (χ0n) is 16.0. The average molecular weight is 421 g/mol. The van der Waals surface area contributed by atoms with Crippen LogP contribution in [-0.4, -0.2) is 52.7 Å². The quantitative estimate of drug-likeness (QED) is 0.561. The minimum atomic E-state index is -4.65. The molecular weight excluding hydrogens is 403 g/mol. The Kier molecular flexibility index (Phi) is 5.77. The van der Waals surface area contributed by atoms with Gasteiger partial charge in [-0.1, -0.05) is 18.2 Å². The second-order valence-electron chi connectivity index (χ2n) is 6.83. The van der Waals surface area contributed by atoms with E-state index in [0.29, 0.717) is 0 Å². The number of hydrogen-bond acceptors (Lipinski definition) is 4. The van der Waals surface area contributed by atoms with Gasteiger partial charge in [-0.15, -0.1) is 0 Å². The van der Waals surface area contributed by atoms with Gasteiger partial charge in [-0.05, 0) is 25.1 Å². The van der Waals surface area contributed by atoms with E-state index in [4.69, 9.17) is 0 Å². The van der Waals surface area contributed by atoms with Crippen LogP contribution < -0.4 is 0 Å². The molecule has 0 bridgehead atoms. The Hall–Kier alpha value is -3.43. The van der Waals surface area contributed by atoms with Gasteiger partial charge in [0.25, 0.3) is 17.5 Å². The monoisotopic (exact) mass is 421 g/mol. The molecule has 0 N–H and O–H groups in total. The zero-order valence-corrected chi connectivity index (χ0v) is 16.0. The zero-order chi connectivity index (χ0) is 22.1. The molecule has 0 spiro atoms. The van der Waals surface area contributed by atoms with Gasteiger partial charge in [0, 0.05) is 43.4 Å². The lowest BCUT2D eigenvalue weighted by atomic mass is 10.0. The summed E-state index contributed by atoms with van der Waals surface area (Å²) in [6.07, 6.45) is -4.65. The van der Waals surface area contributed by atoms with Gasteiger partial charge in [0.2, 0.25) is 0 Å². The van der Waals surface area contributed by atoms with Crippen molar-refractivity contribution in [2.24, 2.45) is 0 Å². The first-order valence-electron chi connectivity index (χ1n) is 9.10. The van der Waals surface area contributed by atoms with Crippen LogP contribution in [0.15, 0.2) is 42.5 Å². The number of piperazine rings is 1. The molecule has 10 heteroatoms. The summed E-state index contributed by atoms with van der Waals surface area (Å²) in [7, 11) is 0. The summed E-state index contributed by atoms with van der Waals surface area (Å²) in [5, 5.41) is 11.1. The Morgan fingerprint density at radius 2 is 1.40 bits per heavy atom. The minimum Gasteiger partial charge on any atom is -0.335 e. The lowest BCUT2D eigenvalue weighted by Crippen LogP contribution is -2.51. The summed E-state index contributed by atoms with van der Waals surface area (Å²) in [6, 6.07) is 8.80. The second kappa shape index (κ2) is 8.13. The predicted octanol–water partition coefficient (Wildman–Crippen LogP) is 3.52. The maximum absolute atomic E-state index is 13.2. The molecule has 0 aromatic heterocycles. The van der Waals surface area contributed by atoms with Gasteiger partial charge in [-0.3, -0.25) is 19.7 Å². The van der Waals surface area contributed by atoms with Gasteiger partial charge in [-0.25, -0.2) is 0 Å². The van der Waals surface area contributed by atoms with Crippen molar-refractivity contribution >= 4 is 17.5 Å². The highest BCUT2D eigenvalue weighted by molar-refractivity contribution is 5.98. The van der Waals surface area contributed by atoms with Crippen molar-refractivity contribution < 1.29 is 27.7 Å². The Morgan fingerprint density at radius 3 is 1.93 bits per heavy atom. The van der Waals surface area contributed by atoms with Crippen LogP contribution in [0.25, 0.3) is 0 Å². The lowest BCUT2D eigenvalue weighted by Gasteiger charge is -2.35. The molecule has 1 heterocycles. The van der Waals surface area contributed by atoms with Gasteiger partial charge in [0.05, 0.1) is 16.1 Å². The molecule has 0 saturated carbocycles. The molecule has 1 aliphatic heterocycles. The fraction of sp³-hybridized carbons (Fsp3) is 0.300. The van der Waals surface area contributed by atoms with Crippen molar-refractivity contribution in [1.82, 2.24) is 9.80 Å². The molecule has 3 rings (SSSR count). The highest BCUT2D eigenvalue weighted by Crippen LogP contribution is 2.32. The van der Waals surface area contributed by atoms with Crippen LogP contribution in [0.2, 0.25) is 0 Å². The SMILES string of the molecule is Cc1c(C(=O)N2CCN(C(=O)c3ccccc3C(F)(F)F)CC2)cccc1[N+](=O)[O-]. The highest BCUT2D eigenvalue weighted by atomic mass is 19.4. The average Bonchev–Trinajstić information content (AvgIpc) is 2.72. The largest absolute Gasteiger partial charge is 0.417 e. The first kappa shape index (κ1) is 21.3. The minimum absolute atomic E-state index is 0.0603. The van der Waals surface area contributed by atoms with Crippen molar-refractivity contribution in [1.29, 1.82) is 0 Å². The van der Waals surface area contributed by atoms with E-state index in [-0.39, 0.29) is 43.0 Å². The van der Waals surface area contributed by atoms with E-state index in [9.17, 15) is 32.9 Å². The number of halogens is 3. The van der Waals surface area contributed by atoms with Crippen LogP contribution in [0.3, 0.4) is 0 Å². The van der Waals surface area contributed by atoms with Crippen molar-refractivity contribution in [3.63, 3.8) is 0 Å². The number of nitro groups is 1. The Balaban J connectivity index is 1.73. The highest BCUT2D eigenvalue weighted by Gasteiger charge is 2.36. The number of benzene rings is 2. The number of amides is 2. The summed E-state index contributed by atoms with van der Waals surface area (Å²) >= 11 is 0. The van der Waals surface area contributed by atoms with E-state index < -0.39 is 34.0 Å². The van der Waals surface area contributed by atoms with Crippen molar-refractivity contribution in [3.05, 3.63) is 74.8 Å². The molecule has 0 radical (unpaired) electrons. The molecule has 0 unspecified atom stereocenters. The van der Waals surface area contributed by atoms with Crippen molar-refractivity contribution in [2.45, 2.75) is 13.1 Å². The topological polar surface area (TPSA) is 83.8 Å². The molecule has 1 aliphatic rings. The maximum atomic E-state index is 13.2. The third-order valence-corrected chi connectivity index (χ3v) is 5.05. The summed E-state index contributed by atoms with van der Waals surface area (Å²) in [5.74, 6) is -1.17. The standard InChI is InChI=1S/C20H18F3N3O4/c1-13-14(6-4-8-17(13)26(29)30)18(27)24-9-11-25(12-10-24)19(28)15-5-2-3-7-16(15)20(21,22)23/h2-8H,9-12H2,1H3. The van der Waals surface area contributed by atoms with Gasteiger partial charge in [0.15, 0.2) is 0 Å². The molecular formula is C20H18F3N3O4. The van der Waals surface area contributed by atoms with Crippen LogP contribution in [0, 0.1) is 17.0 Å². The van der Waals surface area contributed by atoms with E-state index >= 15 is 0 Å². The number of alkyl halides is 3. The molecule has 2 aromatic carbocycles. The number of hydrogen-bond donors (Lipinski definition) is 0. The Bertz CT molecular complexity index is 999. The molecule has 30 heavy (non-hydrogen) atoms. The Morgan fingerprint density at radius 1 is 0.900 bits per heavy atom. The number of nitro benzene ring substituents is 1. The molecule has 1 fully saturated rings. The van der Waals surface area contributed by atoms with Crippen LogP contribution in [0.4, 0.5) is 18.9 Å². The molecule has 158 valence electrons. The summed E-state index contributed by atoms with van der Waals surface area (Å²) < 4.78 is 39.6. The lowest BCUT2D eigenvalue weighted by molar-refractivity contribution is -0.385. The predicted molar refractivity (Wildman–Crippen MR) is 101 cm³/mol. The van der Waals surface area contributed by atoms with Gasteiger partial charge >= 0.3 is 6.18 Å². The Labute approximate surface area is 169 Å². The maximum Gasteiger partial charge on any atom is 0.417 e. The summed E-state index contributed by atoms with van der Waals surface area (Å²) in [5.41, 5.74) is -1.17. The molecule has 1 saturated heterocycles. The van der Waals surface area contributed by atoms with E-state index in [1.165, 1.54) is 47.1 Å². The number of carbonyl (C=O) groups excluding carboxylic acids is 2. The van der Waals surface area contributed by atoms with E-state index in [1.54, 1.807) is 0 Å². The van der Waals surface area contributed by atoms with Gasteiger partial charge in [-0.2, -0.15) is 13.2 Å². The molecule has 0 atom stereocenters. The fourth-order valence-corrected chi connectivity index (χ4v) is 3.42. The van der Waals surface area contributed by atoms with E-state index in [1.807, 2.05) is 0 Å². The molecule has 2 aromatic rings. The third-order valence-electron chi connectivity index (χ3n) is 5.05. The number of nitrogens with zero attached hydrogens (tertiary/aromatic N) is 3. The van der Waals surface area contributed by atoms with Crippen LogP contribution in [0.1, 0.15) is 31.8 Å². The van der Waals surface area contributed by atoms with Crippen molar-refractivity contribution in [3.8, 4) is 0 Å². The molecule has 2 amide bonds.